The van der Waals surface area contributed by atoms with Crippen LogP contribution in [0.2, 0.25) is 0 Å². The zero-order chi connectivity index (χ0) is 15.8. The van der Waals surface area contributed by atoms with Crippen LogP contribution in [0.3, 0.4) is 0 Å². The Kier molecular flexibility index (Phi) is 6.01. The molecule has 22 heavy (non-hydrogen) atoms. The first kappa shape index (κ1) is 16.1. The molecule has 2 amide bonds. The number of hydrogen-bond donors (Lipinski definition) is 2. The van der Waals surface area contributed by atoms with Gasteiger partial charge in [0.05, 0.1) is 6.33 Å². The van der Waals surface area contributed by atoms with Crippen molar-refractivity contribution in [1.82, 2.24) is 25.1 Å². The molecule has 0 aliphatic rings. The molecule has 0 bridgehead atoms. The predicted molar refractivity (Wildman–Crippen MR) is 82.2 cm³/mol. The fourth-order valence-electron chi connectivity index (χ4n) is 1.86. The Morgan fingerprint density at radius 2 is 2.18 bits per heavy atom. The lowest BCUT2D eigenvalue weighted by Gasteiger charge is -2.17. The molecule has 0 aliphatic carbocycles. The fourth-order valence-corrected chi connectivity index (χ4v) is 2.32. The van der Waals surface area contributed by atoms with Crippen molar-refractivity contribution in [2.45, 2.75) is 38.8 Å². The van der Waals surface area contributed by atoms with Gasteiger partial charge in [0.2, 0.25) is 16.9 Å². The summed E-state index contributed by atoms with van der Waals surface area (Å²) < 4.78 is 1.91. The molecule has 0 spiro atoms. The zero-order valence-electron chi connectivity index (χ0n) is 12.2. The molecule has 1 atom stereocenters. The van der Waals surface area contributed by atoms with Crippen LogP contribution >= 0.6 is 11.3 Å². The smallest absolute Gasteiger partial charge is 0.226 e. The monoisotopic (exact) mass is 322 g/mol. The fraction of sp³-hybridized carbons (Fsp3) is 0.462. The first-order valence-corrected chi connectivity index (χ1v) is 7.86. The predicted octanol–water partition coefficient (Wildman–Crippen LogP) is 1.05. The van der Waals surface area contributed by atoms with Crippen LogP contribution < -0.4 is 10.6 Å². The van der Waals surface area contributed by atoms with Crippen molar-refractivity contribution >= 4 is 28.3 Å². The van der Waals surface area contributed by atoms with Crippen molar-refractivity contribution in [3.8, 4) is 0 Å². The standard InChI is InChI=1S/C13H18N6O2S/c1-2-10(7-19-6-5-14-8-19)16-11(20)3-4-12(21)17-13-18-15-9-22-13/h5-6,8-10H,2-4,7H2,1H3,(H,16,20)(H,17,18,21). The second kappa shape index (κ2) is 8.23. The second-order valence-electron chi connectivity index (χ2n) is 4.72. The van der Waals surface area contributed by atoms with E-state index in [2.05, 4.69) is 25.8 Å². The number of carbonyl (C=O) groups excluding carboxylic acids is 2. The van der Waals surface area contributed by atoms with Crippen LogP contribution in [0.25, 0.3) is 0 Å². The van der Waals surface area contributed by atoms with Crippen LogP contribution in [-0.4, -0.2) is 37.6 Å². The van der Waals surface area contributed by atoms with Gasteiger partial charge in [-0.3, -0.25) is 9.59 Å². The van der Waals surface area contributed by atoms with Crippen molar-refractivity contribution in [3.63, 3.8) is 0 Å². The summed E-state index contributed by atoms with van der Waals surface area (Å²) in [4.78, 5) is 27.5. The molecule has 2 rings (SSSR count). The lowest BCUT2D eigenvalue weighted by molar-refractivity contribution is -0.125. The maximum Gasteiger partial charge on any atom is 0.226 e. The van der Waals surface area contributed by atoms with Crippen LogP contribution in [0.1, 0.15) is 26.2 Å². The number of anilines is 1. The summed E-state index contributed by atoms with van der Waals surface area (Å²) in [6.45, 7) is 2.67. The topological polar surface area (TPSA) is 102 Å². The minimum atomic E-state index is -0.241. The van der Waals surface area contributed by atoms with Gasteiger partial charge in [-0.15, -0.1) is 10.2 Å². The number of amides is 2. The van der Waals surface area contributed by atoms with Gasteiger partial charge in [-0.05, 0) is 6.42 Å². The van der Waals surface area contributed by atoms with Crippen molar-refractivity contribution in [2.75, 3.05) is 5.32 Å². The molecule has 0 radical (unpaired) electrons. The molecule has 9 heteroatoms. The molecule has 0 fully saturated rings. The van der Waals surface area contributed by atoms with E-state index in [1.165, 1.54) is 16.8 Å². The molecule has 0 saturated carbocycles. The van der Waals surface area contributed by atoms with Gasteiger partial charge >= 0.3 is 0 Å². The van der Waals surface area contributed by atoms with Crippen molar-refractivity contribution < 1.29 is 9.59 Å². The molecule has 0 aromatic carbocycles. The van der Waals surface area contributed by atoms with E-state index >= 15 is 0 Å². The molecule has 2 heterocycles. The summed E-state index contributed by atoms with van der Waals surface area (Å²) in [6, 6.07) is 0.0212. The highest BCUT2D eigenvalue weighted by molar-refractivity contribution is 7.13. The summed E-state index contributed by atoms with van der Waals surface area (Å²) in [5, 5.41) is 13.3. The zero-order valence-corrected chi connectivity index (χ0v) is 13.0. The Hall–Kier alpha value is -2.29. The highest BCUT2D eigenvalue weighted by Crippen LogP contribution is 2.08. The van der Waals surface area contributed by atoms with E-state index in [1.807, 2.05) is 17.7 Å². The Labute approximate surface area is 132 Å². The van der Waals surface area contributed by atoms with Gasteiger partial charge in [-0.2, -0.15) is 0 Å². The van der Waals surface area contributed by atoms with E-state index in [9.17, 15) is 9.59 Å². The Bertz CT molecular complexity index is 584. The van der Waals surface area contributed by atoms with Gasteiger partial charge < -0.3 is 15.2 Å². The SMILES string of the molecule is CCC(Cn1ccnc1)NC(=O)CCC(=O)Nc1nncs1. The highest BCUT2D eigenvalue weighted by Gasteiger charge is 2.13. The Morgan fingerprint density at radius 1 is 1.36 bits per heavy atom. The van der Waals surface area contributed by atoms with Crippen molar-refractivity contribution in [1.29, 1.82) is 0 Å². The van der Waals surface area contributed by atoms with Crippen LogP contribution in [0.15, 0.2) is 24.2 Å². The molecule has 2 aromatic rings. The van der Waals surface area contributed by atoms with E-state index in [0.29, 0.717) is 11.7 Å². The molecule has 1 unspecified atom stereocenters. The summed E-state index contributed by atoms with van der Waals surface area (Å²) in [6.07, 6.45) is 6.33. The molecule has 2 N–H and O–H groups in total. The molecular weight excluding hydrogens is 304 g/mol. The number of aromatic nitrogens is 4. The van der Waals surface area contributed by atoms with Crippen molar-refractivity contribution in [2.24, 2.45) is 0 Å². The molecule has 2 aromatic heterocycles. The average molecular weight is 322 g/mol. The third kappa shape index (κ3) is 5.24. The van der Waals surface area contributed by atoms with E-state index < -0.39 is 0 Å². The van der Waals surface area contributed by atoms with E-state index in [-0.39, 0.29) is 30.7 Å². The maximum atomic E-state index is 11.9. The summed E-state index contributed by atoms with van der Waals surface area (Å²) in [5.41, 5.74) is 1.53. The Balaban J connectivity index is 1.70. The van der Waals surface area contributed by atoms with Gasteiger partial charge in [0.25, 0.3) is 0 Å². The van der Waals surface area contributed by atoms with Gasteiger partial charge in [-0.1, -0.05) is 18.3 Å². The van der Waals surface area contributed by atoms with Gasteiger partial charge in [0, 0.05) is 37.8 Å². The van der Waals surface area contributed by atoms with Crippen LogP contribution in [0.5, 0.6) is 0 Å². The largest absolute Gasteiger partial charge is 0.352 e. The van der Waals surface area contributed by atoms with Crippen molar-refractivity contribution in [3.05, 3.63) is 24.2 Å². The summed E-state index contributed by atoms with van der Waals surface area (Å²) in [5.74, 6) is -0.381. The summed E-state index contributed by atoms with van der Waals surface area (Å²) >= 11 is 1.24. The normalized spacial score (nSPS) is 11.9. The first-order valence-electron chi connectivity index (χ1n) is 6.98. The maximum absolute atomic E-state index is 11.9. The molecule has 118 valence electrons. The van der Waals surface area contributed by atoms with Crippen LogP contribution in [-0.2, 0) is 16.1 Å². The second-order valence-corrected chi connectivity index (χ2v) is 5.56. The molecule has 0 saturated heterocycles. The number of hydrogen-bond acceptors (Lipinski definition) is 6. The molecule has 8 nitrogen and oxygen atoms in total. The van der Waals surface area contributed by atoms with Gasteiger partial charge in [0.1, 0.15) is 5.51 Å². The number of imidazole rings is 1. The molecule has 0 aliphatic heterocycles. The lowest BCUT2D eigenvalue weighted by atomic mass is 10.2. The molecular formula is C13H18N6O2S. The Morgan fingerprint density at radius 3 is 2.82 bits per heavy atom. The third-order valence-corrected chi connectivity index (χ3v) is 3.64. The van der Waals surface area contributed by atoms with E-state index in [0.717, 1.165) is 6.42 Å². The number of nitrogens with one attached hydrogen (secondary N) is 2. The van der Waals surface area contributed by atoms with E-state index in [1.54, 1.807) is 12.5 Å². The lowest BCUT2D eigenvalue weighted by Crippen LogP contribution is -2.37. The van der Waals surface area contributed by atoms with Crippen LogP contribution in [0.4, 0.5) is 5.13 Å². The minimum absolute atomic E-state index is 0.0212. The third-order valence-electron chi connectivity index (χ3n) is 3.03. The number of rotatable bonds is 8. The highest BCUT2D eigenvalue weighted by atomic mass is 32.1. The minimum Gasteiger partial charge on any atom is -0.352 e. The van der Waals surface area contributed by atoms with Gasteiger partial charge in [-0.25, -0.2) is 4.98 Å². The number of carbonyl (C=O) groups is 2. The first-order chi connectivity index (χ1) is 10.7. The number of nitrogens with zero attached hydrogens (tertiary/aromatic N) is 4. The summed E-state index contributed by atoms with van der Waals surface area (Å²) in [7, 11) is 0. The quantitative estimate of drug-likeness (QED) is 0.756. The van der Waals surface area contributed by atoms with Crippen LogP contribution in [0, 0.1) is 0 Å². The van der Waals surface area contributed by atoms with Gasteiger partial charge in [0.15, 0.2) is 0 Å². The van der Waals surface area contributed by atoms with E-state index in [4.69, 9.17) is 0 Å². The average Bonchev–Trinajstić information content (AvgIpc) is 3.18.